The standard InChI is InChI=1S/C13H10Br2N2O3/c1-20-9-3-4-10(15)12(7-9)16-11-5-2-8(14)6-13(11)17(18)19/h2-7,16H,1H3. The molecule has 0 saturated carbocycles. The molecule has 20 heavy (non-hydrogen) atoms. The van der Waals surface area contributed by atoms with Crippen LogP contribution < -0.4 is 10.1 Å². The molecule has 0 heterocycles. The number of rotatable bonds is 4. The Balaban J connectivity index is 2.42. The van der Waals surface area contributed by atoms with Gasteiger partial charge in [0.1, 0.15) is 11.4 Å². The summed E-state index contributed by atoms with van der Waals surface area (Å²) in [5.41, 5.74) is 1.09. The number of nitro benzene ring substituents is 1. The zero-order valence-corrected chi connectivity index (χ0v) is 13.6. The van der Waals surface area contributed by atoms with Gasteiger partial charge in [0.2, 0.25) is 0 Å². The van der Waals surface area contributed by atoms with Crippen molar-refractivity contribution in [2.75, 3.05) is 12.4 Å². The van der Waals surface area contributed by atoms with E-state index in [0.717, 1.165) is 4.47 Å². The van der Waals surface area contributed by atoms with Crippen molar-refractivity contribution >= 4 is 48.9 Å². The number of hydrogen-bond donors (Lipinski definition) is 1. The first kappa shape index (κ1) is 14.8. The Hall–Kier alpha value is -1.60. The van der Waals surface area contributed by atoms with Crippen LogP contribution in [0.3, 0.4) is 0 Å². The largest absolute Gasteiger partial charge is 0.497 e. The number of methoxy groups -OCH3 is 1. The molecule has 1 N–H and O–H groups in total. The molecular weight excluding hydrogens is 392 g/mol. The summed E-state index contributed by atoms with van der Waals surface area (Å²) in [5, 5.41) is 14.1. The van der Waals surface area contributed by atoms with E-state index in [9.17, 15) is 10.1 Å². The molecule has 5 nitrogen and oxygen atoms in total. The first-order valence-corrected chi connectivity index (χ1v) is 7.14. The van der Waals surface area contributed by atoms with E-state index in [2.05, 4.69) is 37.2 Å². The van der Waals surface area contributed by atoms with Crippen molar-refractivity contribution in [2.45, 2.75) is 0 Å². The maximum Gasteiger partial charge on any atom is 0.293 e. The van der Waals surface area contributed by atoms with Crippen LogP contribution in [0.2, 0.25) is 0 Å². The molecule has 0 saturated heterocycles. The lowest BCUT2D eigenvalue weighted by molar-refractivity contribution is -0.384. The zero-order valence-electron chi connectivity index (χ0n) is 10.4. The summed E-state index contributed by atoms with van der Waals surface area (Å²) in [6, 6.07) is 10.2. The third-order valence-electron chi connectivity index (χ3n) is 2.60. The maximum absolute atomic E-state index is 11.1. The Bertz CT molecular complexity index is 662. The third kappa shape index (κ3) is 3.29. The molecule has 0 fully saturated rings. The second kappa shape index (κ2) is 6.23. The first-order chi connectivity index (χ1) is 9.51. The Morgan fingerprint density at radius 1 is 1.15 bits per heavy atom. The number of nitrogens with zero attached hydrogens (tertiary/aromatic N) is 1. The van der Waals surface area contributed by atoms with E-state index in [1.54, 1.807) is 31.4 Å². The average molecular weight is 402 g/mol. The number of ether oxygens (including phenoxy) is 1. The van der Waals surface area contributed by atoms with Crippen LogP contribution in [0.5, 0.6) is 5.75 Å². The minimum absolute atomic E-state index is 0.00547. The lowest BCUT2D eigenvalue weighted by Gasteiger charge is -2.11. The predicted octanol–water partition coefficient (Wildman–Crippen LogP) is 4.87. The van der Waals surface area contributed by atoms with Gasteiger partial charge in [-0.2, -0.15) is 0 Å². The van der Waals surface area contributed by atoms with Crippen LogP contribution >= 0.6 is 31.9 Å². The molecule has 0 aromatic heterocycles. The molecule has 7 heteroatoms. The van der Waals surface area contributed by atoms with Crippen molar-refractivity contribution in [3.05, 3.63) is 55.5 Å². The smallest absolute Gasteiger partial charge is 0.293 e. The summed E-state index contributed by atoms with van der Waals surface area (Å²) in [6.45, 7) is 0. The number of benzene rings is 2. The minimum atomic E-state index is -0.429. The second-order valence-electron chi connectivity index (χ2n) is 3.89. The topological polar surface area (TPSA) is 64.4 Å². The molecule has 0 spiro atoms. The van der Waals surface area contributed by atoms with E-state index in [-0.39, 0.29) is 5.69 Å². The molecule has 0 bridgehead atoms. The molecule has 0 radical (unpaired) electrons. The van der Waals surface area contributed by atoms with Gasteiger partial charge < -0.3 is 10.1 Å². The van der Waals surface area contributed by atoms with Crippen LogP contribution in [0.25, 0.3) is 0 Å². The Kier molecular flexibility index (Phi) is 4.61. The summed E-state index contributed by atoms with van der Waals surface area (Å²) in [4.78, 5) is 10.7. The summed E-state index contributed by atoms with van der Waals surface area (Å²) in [7, 11) is 1.56. The highest BCUT2D eigenvalue weighted by Crippen LogP contribution is 2.34. The quantitative estimate of drug-likeness (QED) is 0.586. The minimum Gasteiger partial charge on any atom is -0.497 e. The summed E-state index contributed by atoms with van der Waals surface area (Å²) in [6.07, 6.45) is 0. The van der Waals surface area contributed by atoms with Gasteiger partial charge in [0.25, 0.3) is 5.69 Å². The normalized spacial score (nSPS) is 10.2. The van der Waals surface area contributed by atoms with Gasteiger partial charge in [-0.25, -0.2) is 0 Å². The fourth-order valence-electron chi connectivity index (χ4n) is 1.63. The second-order valence-corrected chi connectivity index (χ2v) is 5.66. The average Bonchev–Trinajstić information content (AvgIpc) is 2.42. The van der Waals surface area contributed by atoms with Crippen molar-refractivity contribution in [2.24, 2.45) is 0 Å². The van der Waals surface area contributed by atoms with Crippen molar-refractivity contribution in [3.8, 4) is 5.75 Å². The molecule has 2 aromatic rings. The van der Waals surface area contributed by atoms with Crippen LogP contribution in [-0.4, -0.2) is 12.0 Å². The number of anilines is 2. The fourth-order valence-corrected chi connectivity index (χ4v) is 2.33. The number of nitrogens with one attached hydrogen (secondary N) is 1. The van der Waals surface area contributed by atoms with Crippen LogP contribution in [0.1, 0.15) is 0 Å². The van der Waals surface area contributed by atoms with Crippen molar-refractivity contribution in [3.63, 3.8) is 0 Å². The molecule has 2 rings (SSSR count). The van der Waals surface area contributed by atoms with Gasteiger partial charge in [0.05, 0.1) is 17.7 Å². The molecule has 0 atom stereocenters. The van der Waals surface area contributed by atoms with E-state index in [4.69, 9.17) is 4.74 Å². The van der Waals surface area contributed by atoms with E-state index in [0.29, 0.717) is 21.6 Å². The van der Waals surface area contributed by atoms with Crippen LogP contribution in [0.15, 0.2) is 45.3 Å². The molecular formula is C13H10Br2N2O3. The third-order valence-corrected chi connectivity index (χ3v) is 3.78. The summed E-state index contributed by atoms with van der Waals surface area (Å²) < 4.78 is 6.58. The zero-order chi connectivity index (χ0) is 14.7. The van der Waals surface area contributed by atoms with E-state index in [1.807, 2.05) is 6.07 Å². The molecule has 0 aliphatic rings. The summed E-state index contributed by atoms with van der Waals surface area (Å²) >= 11 is 6.62. The Morgan fingerprint density at radius 2 is 1.90 bits per heavy atom. The van der Waals surface area contributed by atoms with Crippen LogP contribution in [-0.2, 0) is 0 Å². The predicted molar refractivity (Wildman–Crippen MR) is 84.8 cm³/mol. The SMILES string of the molecule is COc1ccc(Br)c(Nc2ccc(Br)cc2[N+](=O)[O-])c1. The van der Waals surface area contributed by atoms with Crippen molar-refractivity contribution in [1.82, 2.24) is 0 Å². The Morgan fingerprint density at radius 3 is 2.55 bits per heavy atom. The van der Waals surface area contributed by atoms with Crippen molar-refractivity contribution in [1.29, 1.82) is 0 Å². The first-order valence-electron chi connectivity index (χ1n) is 5.56. The Labute approximate surface area is 132 Å². The number of hydrogen-bond acceptors (Lipinski definition) is 4. The van der Waals surface area contributed by atoms with Gasteiger partial charge in [0.15, 0.2) is 0 Å². The van der Waals surface area contributed by atoms with Gasteiger partial charge >= 0.3 is 0 Å². The van der Waals surface area contributed by atoms with E-state index < -0.39 is 4.92 Å². The van der Waals surface area contributed by atoms with E-state index >= 15 is 0 Å². The fraction of sp³-hybridized carbons (Fsp3) is 0.0769. The highest BCUT2D eigenvalue weighted by Gasteiger charge is 2.15. The van der Waals surface area contributed by atoms with Crippen LogP contribution in [0, 0.1) is 10.1 Å². The van der Waals surface area contributed by atoms with Gasteiger partial charge in [-0.1, -0.05) is 15.9 Å². The molecule has 104 valence electrons. The van der Waals surface area contributed by atoms with Gasteiger partial charge in [-0.15, -0.1) is 0 Å². The van der Waals surface area contributed by atoms with Gasteiger partial charge in [0, 0.05) is 21.1 Å². The lowest BCUT2D eigenvalue weighted by Crippen LogP contribution is -1.98. The summed E-state index contributed by atoms with van der Waals surface area (Å²) in [5.74, 6) is 0.662. The highest BCUT2D eigenvalue weighted by atomic mass is 79.9. The molecule has 0 aliphatic heterocycles. The molecule has 0 unspecified atom stereocenters. The molecule has 0 aliphatic carbocycles. The van der Waals surface area contributed by atoms with Crippen molar-refractivity contribution < 1.29 is 9.66 Å². The molecule has 2 aromatic carbocycles. The molecule has 0 amide bonds. The van der Waals surface area contributed by atoms with Gasteiger partial charge in [-0.3, -0.25) is 10.1 Å². The number of halogens is 2. The lowest BCUT2D eigenvalue weighted by atomic mass is 10.2. The highest BCUT2D eigenvalue weighted by molar-refractivity contribution is 9.10. The number of nitro groups is 1. The van der Waals surface area contributed by atoms with Gasteiger partial charge in [-0.05, 0) is 40.2 Å². The monoisotopic (exact) mass is 400 g/mol. The van der Waals surface area contributed by atoms with Crippen LogP contribution in [0.4, 0.5) is 17.1 Å². The maximum atomic E-state index is 11.1. The van der Waals surface area contributed by atoms with E-state index in [1.165, 1.54) is 6.07 Å².